The number of amides is 11. The molecule has 96 heavy (non-hydrogen) atoms. The van der Waals surface area contributed by atoms with E-state index < -0.39 is 226 Å². The highest BCUT2D eigenvalue weighted by Crippen LogP contribution is 2.16. The van der Waals surface area contributed by atoms with Crippen molar-refractivity contribution in [2.24, 2.45) is 22.9 Å². The van der Waals surface area contributed by atoms with Crippen LogP contribution in [-0.4, -0.2) is 198 Å². The molecule has 0 saturated carbocycles. The number of nitrogens with two attached hydrogens (primary N) is 4. The molecule has 0 heterocycles. The molecule has 10 atom stereocenters. The van der Waals surface area contributed by atoms with E-state index in [4.69, 9.17) is 22.9 Å². The summed E-state index contributed by atoms with van der Waals surface area (Å²) in [6, 6.07) is -0.206. The van der Waals surface area contributed by atoms with Crippen LogP contribution in [0, 0.1) is 0 Å². The molecule has 0 bridgehead atoms. The Bertz CT molecular complexity index is 3270. The molecular formula is C60H79N13O23. The fourth-order valence-corrected chi connectivity index (χ4v) is 9.14. The van der Waals surface area contributed by atoms with Crippen LogP contribution in [0.1, 0.15) is 93.7 Å². The van der Waals surface area contributed by atoms with Crippen molar-refractivity contribution in [2.75, 3.05) is 6.54 Å². The number of rotatable bonds is 44. The summed E-state index contributed by atoms with van der Waals surface area (Å²) in [6.45, 7) is 0.0926. The fourth-order valence-electron chi connectivity index (χ4n) is 9.14. The normalized spacial score (nSPS) is 14.0. The third kappa shape index (κ3) is 29.5. The maximum atomic E-state index is 14.6. The molecule has 0 aliphatic carbocycles. The van der Waals surface area contributed by atoms with Crippen LogP contribution < -0.4 is 70.8 Å². The molecule has 0 aliphatic heterocycles. The van der Waals surface area contributed by atoms with E-state index in [1.54, 1.807) is 18.2 Å². The largest absolute Gasteiger partial charge is 0.508 e. The first-order chi connectivity index (χ1) is 45.2. The molecule has 0 aliphatic rings. The van der Waals surface area contributed by atoms with Crippen LogP contribution in [0.5, 0.6) is 11.5 Å². The summed E-state index contributed by atoms with van der Waals surface area (Å²) in [5, 5.41) is 88.9. The van der Waals surface area contributed by atoms with Crippen LogP contribution in [0.3, 0.4) is 0 Å². The van der Waals surface area contributed by atoms with Gasteiger partial charge in [0.25, 0.3) is 0 Å². The van der Waals surface area contributed by atoms with E-state index in [1.807, 2.05) is 5.32 Å². The van der Waals surface area contributed by atoms with Crippen molar-refractivity contribution in [3.8, 4) is 11.5 Å². The molecule has 0 unspecified atom stereocenters. The molecule has 0 fully saturated rings. The number of unbranched alkanes of at least 4 members (excludes halogenated alkanes) is 1. The van der Waals surface area contributed by atoms with Crippen LogP contribution in [0.2, 0.25) is 0 Å². The molecule has 522 valence electrons. The number of primary amides is 2. The molecule has 36 nitrogen and oxygen atoms in total. The van der Waals surface area contributed by atoms with Crippen LogP contribution in [0.25, 0.3) is 0 Å². The van der Waals surface area contributed by atoms with Crippen molar-refractivity contribution in [1.82, 2.24) is 47.9 Å². The Morgan fingerprint density at radius 2 is 0.635 bits per heavy atom. The molecule has 3 aromatic carbocycles. The number of carboxylic acid groups (broad SMARTS) is 5. The van der Waals surface area contributed by atoms with E-state index in [0.29, 0.717) is 11.1 Å². The fraction of sp³-hybridized carbons (Fsp3) is 0.433. The van der Waals surface area contributed by atoms with E-state index in [1.165, 1.54) is 60.7 Å². The van der Waals surface area contributed by atoms with Crippen LogP contribution in [0.15, 0.2) is 78.9 Å². The predicted molar refractivity (Wildman–Crippen MR) is 330 cm³/mol. The van der Waals surface area contributed by atoms with Crippen molar-refractivity contribution in [1.29, 1.82) is 0 Å². The number of carbonyl (C=O) groups excluding carboxylic acids is 11. The summed E-state index contributed by atoms with van der Waals surface area (Å²) in [7, 11) is 0. The number of aliphatic carboxylic acids is 5. The topological polar surface area (TPSA) is 627 Å². The quantitative estimate of drug-likeness (QED) is 0.0235. The smallest absolute Gasteiger partial charge is 0.326 e. The van der Waals surface area contributed by atoms with Crippen LogP contribution in [-0.2, 0) is 96.0 Å². The molecule has 0 aromatic heterocycles. The SMILES string of the molecule is NCCCC[C@H](NC(=O)[C@H](Cc1ccc(O)cc1)NC(=O)[C@@H](N)CC(N)=O)C(=O)N[C@@H](CCC(=O)O)C(=O)N[C@@H](CC(=O)O)C(=O)N[C@@H](CCC(=O)O)C(=O)N[C@@H](Cc1ccc(O)cc1)C(=O)N[C@@H](Cc1ccccc1)C(=O)N[C@@H](CCC(=O)O)C(=O)N[C@@H](CC(N)=O)C(=O)O. The van der Waals surface area contributed by atoms with Gasteiger partial charge in [-0.3, -0.25) is 71.9 Å². The molecule has 3 aromatic rings. The first kappa shape index (κ1) is 78.9. The van der Waals surface area contributed by atoms with Gasteiger partial charge in [0.1, 0.15) is 65.9 Å². The maximum absolute atomic E-state index is 14.6. The van der Waals surface area contributed by atoms with Gasteiger partial charge in [-0.05, 0) is 86.0 Å². The number of aromatic hydroxyl groups is 2. The molecular weight excluding hydrogens is 1270 g/mol. The Morgan fingerprint density at radius 3 is 0.969 bits per heavy atom. The van der Waals surface area contributed by atoms with E-state index in [-0.39, 0.29) is 49.3 Å². The molecule has 0 radical (unpaired) electrons. The number of hydrogen-bond donors (Lipinski definition) is 20. The first-order valence-electron chi connectivity index (χ1n) is 29.7. The van der Waals surface area contributed by atoms with Crippen LogP contribution in [0.4, 0.5) is 0 Å². The van der Waals surface area contributed by atoms with Gasteiger partial charge in [0.15, 0.2) is 0 Å². The molecule has 0 saturated heterocycles. The number of carbonyl (C=O) groups is 16. The lowest BCUT2D eigenvalue weighted by Crippen LogP contribution is -2.61. The zero-order valence-electron chi connectivity index (χ0n) is 51.6. The Balaban J connectivity index is 2.04. The van der Waals surface area contributed by atoms with E-state index in [2.05, 4.69) is 42.5 Å². The second-order valence-corrected chi connectivity index (χ2v) is 21.9. The third-order valence-corrected chi connectivity index (χ3v) is 14.1. The van der Waals surface area contributed by atoms with Crippen molar-refractivity contribution >= 4 is 94.8 Å². The number of hydrogen-bond acceptors (Lipinski definition) is 20. The second-order valence-electron chi connectivity index (χ2n) is 21.9. The summed E-state index contributed by atoms with van der Waals surface area (Å²) in [6.07, 6.45) is -8.68. The highest BCUT2D eigenvalue weighted by molar-refractivity contribution is 6.00. The average molecular weight is 1350 g/mol. The minimum atomic E-state index is -2.24. The van der Waals surface area contributed by atoms with Crippen molar-refractivity contribution in [3.63, 3.8) is 0 Å². The number of benzene rings is 3. The minimum absolute atomic E-state index is 0.0926. The Kier molecular flexibility index (Phi) is 32.9. The first-order valence-corrected chi connectivity index (χ1v) is 29.7. The van der Waals surface area contributed by atoms with Gasteiger partial charge in [-0.25, -0.2) is 4.79 Å². The van der Waals surface area contributed by atoms with Gasteiger partial charge in [0.05, 0.1) is 25.3 Å². The van der Waals surface area contributed by atoms with Gasteiger partial charge in [-0.1, -0.05) is 54.6 Å². The minimum Gasteiger partial charge on any atom is -0.508 e. The van der Waals surface area contributed by atoms with Crippen LogP contribution >= 0.6 is 0 Å². The van der Waals surface area contributed by atoms with Gasteiger partial charge < -0.3 is 107 Å². The van der Waals surface area contributed by atoms with Crippen molar-refractivity contribution in [2.45, 2.75) is 157 Å². The molecule has 0 spiro atoms. The standard InChI is InChI=1S/C60H79N13O23/c61-23-5-4-8-36(65-56(91)40(25-31-9-13-33(74)14-10-31)69-51(86)35(62)27-45(63)76)52(87)66-37(17-20-47(78)79)54(89)72-43(29-50(84)85)59(94)68-38(18-21-48(80)81)53(88)70-42(26-32-11-15-34(75)16-12-32)58(93)71-41(24-30-6-2-1-3-7-30)57(92)67-39(19-22-49(82)83)55(90)73-44(60(95)96)28-46(64)77/h1-3,6-7,9-16,35-44,74-75H,4-5,8,17-29,61-62H2,(H2,63,76)(H2,64,77)(H,65,91)(H,66,87)(H,67,92)(H,68,94)(H,69,86)(H,70,88)(H,71,93)(H,72,89)(H,73,90)(H,78,79)(H,80,81)(H,82,83)(H,84,85)(H,95,96)/t35-,36-,37-,38-,39-,40-,41-,42-,43-,44-/m0/s1. The number of phenols is 2. The van der Waals surface area contributed by atoms with Gasteiger partial charge in [-0.2, -0.15) is 0 Å². The zero-order valence-corrected chi connectivity index (χ0v) is 51.6. The van der Waals surface area contributed by atoms with Gasteiger partial charge in [-0.15, -0.1) is 0 Å². The summed E-state index contributed by atoms with van der Waals surface area (Å²) < 4.78 is 0. The predicted octanol–water partition coefficient (Wildman–Crippen LogP) is -5.15. The second kappa shape index (κ2) is 40.0. The molecule has 36 heteroatoms. The summed E-state index contributed by atoms with van der Waals surface area (Å²) in [5.74, 6) is -21.7. The summed E-state index contributed by atoms with van der Waals surface area (Å²) in [5.41, 5.74) is 22.8. The lowest BCUT2D eigenvalue weighted by atomic mass is 10.0. The van der Waals surface area contributed by atoms with Crippen molar-refractivity contribution < 1.29 is 112 Å². The van der Waals surface area contributed by atoms with Crippen molar-refractivity contribution in [3.05, 3.63) is 95.6 Å². The average Bonchev–Trinajstić information content (AvgIpc) is 1.15. The van der Waals surface area contributed by atoms with E-state index in [0.717, 1.165) is 0 Å². The molecule has 3 rings (SSSR count). The summed E-state index contributed by atoms with van der Waals surface area (Å²) in [4.78, 5) is 210. The Hall–Kier alpha value is -11.3. The number of carboxylic acids is 5. The lowest BCUT2D eigenvalue weighted by Gasteiger charge is -2.28. The van der Waals surface area contributed by atoms with E-state index >= 15 is 0 Å². The summed E-state index contributed by atoms with van der Waals surface area (Å²) >= 11 is 0. The third-order valence-electron chi connectivity index (χ3n) is 14.1. The van der Waals surface area contributed by atoms with Gasteiger partial charge in [0.2, 0.25) is 65.0 Å². The highest BCUT2D eigenvalue weighted by Gasteiger charge is 2.37. The Morgan fingerprint density at radius 1 is 0.333 bits per heavy atom. The maximum Gasteiger partial charge on any atom is 0.326 e. The van der Waals surface area contributed by atoms with Gasteiger partial charge >= 0.3 is 29.8 Å². The molecule has 24 N–H and O–H groups in total. The lowest BCUT2D eigenvalue weighted by molar-refractivity contribution is -0.144. The highest BCUT2D eigenvalue weighted by atomic mass is 16.4. The Labute approximate surface area is 546 Å². The molecule has 11 amide bonds. The van der Waals surface area contributed by atoms with Gasteiger partial charge in [0, 0.05) is 38.5 Å². The number of nitrogens with one attached hydrogen (secondary N) is 9. The van der Waals surface area contributed by atoms with E-state index in [9.17, 15) is 112 Å². The zero-order chi connectivity index (χ0) is 71.8. The number of phenolic OH excluding ortho intramolecular Hbond substituents is 2. The monoisotopic (exact) mass is 1350 g/mol.